The molecule has 10 rings (SSSR count). The Balaban J connectivity index is 1.25. The zero-order chi connectivity index (χ0) is 42.5. The summed E-state index contributed by atoms with van der Waals surface area (Å²) < 4.78 is 4.25. The van der Waals surface area contributed by atoms with Crippen LogP contribution >= 0.6 is 0 Å². The lowest BCUT2D eigenvalue weighted by atomic mass is 9.96. The predicted molar refractivity (Wildman–Crippen MR) is 240 cm³/mol. The Labute approximate surface area is 355 Å². The van der Waals surface area contributed by atoms with Crippen molar-refractivity contribution in [2.75, 3.05) is 0 Å². The molecule has 8 nitrogen and oxygen atoms in total. The van der Waals surface area contributed by atoms with Gasteiger partial charge < -0.3 is 9.13 Å². The lowest BCUT2D eigenvalue weighted by Crippen LogP contribution is -2.04. The van der Waals surface area contributed by atoms with Crippen molar-refractivity contribution in [3.8, 4) is 81.2 Å². The fourth-order valence-electron chi connectivity index (χ4n) is 8.74. The standard InChI is InChI=1S/C54H26N8/c55-27-33-6-5-7-36(20-33)46-26-53(61-49-10-3-1-8-44(49)47-23-37(14-18-51(47)61)42-16-12-34(28-56)21-39(42)30-58)41(32-60)25-54(46)62-50-11-4-2-9-45(50)48-24-38(15-19-52(48)62)43-17-13-35(29-57)22-40(43)31-59/h1-26H. The quantitative estimate of drug-likeness (QED) is 0.169. The molecule has 0 unspecified atom stereocenters. The molecule has 2 aromatic heterocycles. The summed E-state index contributed by atoms with van der Waals surface area (Å²) in [7, 11) is 0. The van der Waals surface area contributed by atoms with E-state index in [-0.39, 0.29) is 0 Å². The van der Waals surface area contributed by atoms with Crippen LogP contribution in [-0.4, -0.2) is 9.13 Å². The van der Waals surface area contributed by atoms with Crippen LogP contribution in [0.25, 0.3) is 88.4 Å². The van der Waals surface area contributed by atoms with Gasteiger partial charge in [0.05, 0.1) is 97.2 Å². The van der Waals surface area contributed by atoms with E-state index in [0.29, 0.717) is 44.6 Å². The smallest absolute Gasteiger partial charge is 0.101 e. The minimum Gasteiger partial charge on any atom is -0.309 e. The van der Waals surface area contributed by atoms with Crippen LogP contribution in [0.5, 0.6) is 0 Å². The van der Waals surface area contributed by atoms with Gasteiger partial charge in [-0.05, 0) is 113 Å². The van der Waals surface area contributed by atoms with Gasteiger partial charge in [0.25, 0.3) is 0 Å². The number of fused-ring (bicyclic) bond motifs is 6. The summed E-state index contributed by atoms with van der Waals surface area (Å²) in [6.45, 7) is 0. The zero-order valence-corrected chi connectivity index (χ0v) is 32.6. The maximum absolute atomic E-state index is 11.1. The molecule has 0 radical (unpaired) electrons. The number of para-hydroxylation sites is 2. The van der Waals surface area contributed by atoms with E-state index in [0.717, 1.165) is 77.1 Å². The van der Waals surface area contributed by atoms with Crippen molar-refractivity contribution in [2.24, 2.45) is 0 Å². The summed E-state index contributed by atoms with van der Waals surface area (Å²) in [5.41, 5.74) is 12.1. The summed E-state index contributed by atoms with van der Waals surface area (Å²) >= 11 is 0. The second-order valence-corrected chi connectivity index (χ2v) is 14.8. The molecule has 62 heavy (non-hydrogen) atoms. The largest absolute Gasteiger partial charge is 0.309 e. The number of nitriles is 6. The number of benzene rings is 8. The molecule has 282 valence electrons. The van der Waals surface area contributed by atoms with E-state index in [9.17, 15) is 31.6 Å². The molecule has 0 spiro atoms. The van der Waals surface area contributed by atoms with E-state index < -0.39 is 0 Å². The van der Waals surface area contributed by atoms with Crippen LogP contribution in [-0.2, 0) is 0 Å². The Hall–Kier alpha value is -9.70. The maximum Gasteiger partial charge on any atom is 0.101 e. The highest BCUT2D eigenvalue weighted by Crippen LogP contribution is 2.42. The molecule has 8 aromatic carbocycles. The topological polar surface area (TPSA) is 153 Å². The highest BCUT2D eigenvalue weighted by Gasteiger charge is 2.23. The van der Waals surface area contributed by atoms with Crippen molar-refractivity contribution < 1.29 is 0 Å². The van der Waals surface area contributed by atoms with Gasteiger partial charge in [-0.25, -0.2) is 0 Å². The molecule has 2 heterocycles. The molecule has 0 N–H and O–H groups in total. The highest BCUT2D eigenvalue weighted by molar-refractivity contribution is 6.12. The van der Waals surface area contributed by atoms with Crippen LogP contribution in [0, 0.1) is 68.0 Å². The summed E-state index contributed by atoms with van der Waals surface area (Å²) in [5, 5.41) is 63.9. The molecule has 0 bridgehead atoms. The van der Waals surface area contributed by atoms with Crippen molar-refractivity contribution in [2.45, 2.75) is 0 Å². The first-order chi connectivity index (χ1) is 30.5. The Bertz CT molecular complexity index is 3840. The van der Waals surface area contributed by atoms with Crippen LogP contribution in [0.2, 0.25) is 0 Å². The molecule has 0 aliphatic heterocycles. The average molecular weight is 787 g/mol. The molecule has 8 heteroatoms. The Morgan fingerprint density at radius 2 is 0.758 bits per heavy atom. The maximum atomic E-state index is 11.1. The SMILES string of the molecule is N#Cc1cccc(-c2cc(-n3c4ccccc4c4cc(-c5ccc(C#N)cc5C#N)ccc43)c(C#N)cc2-n2c3ccccc3c3cc(-c4ccc(C#N)cc4C#N)ccc32)c1. The number of hydrogen-bond acceptors (Lipinski definition) is 6. The number of aromatic nitrogens is 2. The van der Waals surface area contributed by atoms with E-state index in [4.69, 9.17) is 0 Å². The molecule has 0 aliphatic rings. The second-order valence-electron chi connectivity index (χ2n) is 14.8. The van der Waals surface area contributed by atoms with E-state index in [1.54, 1.807) is 36.4 Å². The van der Waals surface area contributed by atoms with E-state index >= 15 is 0 Å². The Kier molecular flexibility index (Phi) is 8.62. The van der Waals surface area contributed by atoms with E-state index in [1.165, 1.54) is 0 Å². The first-order valence-corrected chi connectivity index (χ1v) is 19.5. The molecule has 0 fully saturated rings. The third kappa shape index (κ3) is 5.71. The molecule has 0 aliphatic carbocycles. The van der Waals surface area contributed by atoms with Crippen LogP contribution < -0.4 is 0 Å². The molecular formula is C54H26N8. The third-order valence-electron chi connectivity index (χ3n) is 11.5. The highest BCUT2D eigenvalue weighted by atomic mass is 15.0. The first kappa shape index (κ1) is 36.6. The third-order valence-corrected chi connectivity index (χ3v) is 11.5. The number of nitrogens with zero attached hydrogens (tertiary/aromatic N) is 8. The summed E-state index contributed by atoms with van der Waals surface area (Å²) in [6, 6.07) is 63.4. The predicted octanol–water partition coefficient (Wildman–Crippen LogP) is 12.1. The van der Waals surface area contributed by atoms with Crippen molar-refractivity contribution in [1.29, 1.82) is 31.6 Å². The fraction of sp³-hybridized carbons (Fsp3) is 0. The monoisotopic (exact) mass is 786 g/mol. The lowest BCUT2D eigenvalue weighted by Gasteiger charge is -2.19. The van der Waals surface area contributed by atoms with E-state index in [2.05, 4.69) is 63.7 Å². The number of rotatable bonds is 5. The van der Waals surface area contributed by atoms with Crippen LogP contribution in [0.4, 0.5) is 0 Å². The van der Waals surface area contributed by atoms with Gasteiger partial charge in [-0.1, -0.05) is 72.8 Å². The summed E-state index contributed by atoms with van der Waals surface area (Å²) in [6.07, 6.45) is 0. The normalized spacial score (nSPS) is 10.8. The summed E-state index contributed by atoms with van der Waals surface area (Å²) in [5.74, 6) is 0. The van der Waals surface area contributed by atoms with Gasteiger partial charge in [-0.15, -0.1) is 0 Å². The van der Waals surface area contributed by atoms with Crippen LogP contribution in [0.1, 0.15) is 33.4 Å². The minimum absolute atomic E-state index is 0.404. The molecule has 0 atom stereocenters. The second kappa shape index (κ2) is 14.6. The number of hydrogen-bond donors (Lipinski definition) is 0. The fourth-order valence-corrected chi connectivity index (χ4v) is 8.74. The van der Waals surface area contributed by atoms with Gasteiger partial charge in [0.1, 0.15) is 6.07 Å². The van der Waals surface area contributed by atoms with Crippen LogP contribution in [0.3, 0.4) is 0 Å². The van der Waals surface area contributed by atoms with Gasteiger partial charge in [0.2, 0.25) is 0 Å². The van der Waals surface area contributed by atoms with Crippen LogP contribution in [0.15, 0.2) is 158 Å². The van der Waals surface area contributed by atoms with Gasteiger partial charge in [-0.3, -0.25) is 0 Å². The zero-order valence-electron chi connectivity index (χ0n) is 32.6. The van der Waals surface area contributed by atoms with Crippen molar-refractivity contribution in [1.82, 2.24) is 9.13 Å². The molecule has 0 saturated heterocycles. The average Bonchev–Trinajstić information content (AvgIpc) is 3.85. The summed E-state index contributed by atoms with van der Waals surface area (Å²) in [4.78, 5) is 0. The lowest BCUT2D eigenvalue weighted by molar-refractivity contribution is 1.14. The van der Waals surface area contributed by atoms with E-state index in [1.807, 2.05) is 103 Å². The van der Waals surface area contributed by atoms with Gasteiger partial charge >= 0.3 is 0 Å². The van der Waals surface area contributed by atoms with Crippen molar-refractivity contribution >= 4 is 43.6 Å². The van der Waals surface area contributed by atoms with Crippen molar-refractivity contribution in [3.05, 3.63) is 191 Å². The first-order valence-electron chi connectivity index (χ1n) is 19.5. The molecule has 10 aromatic rings. The van der Waals surface area contributed by atoms with Gasteiger partial charge in [0, 0.05) is 27.1 Å². The van der Waals surface area contributed by atoms with Crippen molar-refractivity contribution in [3.63, 3.8) is 0 Å². The molecule has 0 amide bonds. The van der Waals surface area contributed by atoms with Gasteiger partial charge in [0.15, 0.2) is 0 Å². The molecule has 0 saturated carbocycles. The Morgan fingerprint density at radius 1 is 0.290 bits per heavy atom. The molecular weight excluding hydrogens is 761 g/mol. The minimum atomic E-state index is 0.404. The Morgan fingerprint density at radius 3 is 1.27 bits per heavy atom. The van der Waals surface area contributed by atoms with Gasteiger partial charge in [-0.2, -0.15) is 31.6 Å².